The number of nitrogens with zero attached hydrogens (tertiary/aromatic N) is 1. The monoisotopic (exact) mass is 227 g/mol. The molecule has 2 unspecified atom stereocenters. The minimum atomic E-state index is 0.0251. The van der Waals surface area contributed by atoms with Gasteiger partial charge < -0.3 is 14.7 Å². The van der Waals surface area contributed by atoms with Gasteiger partial charge in [-0.2, -0.15) is 0 Å². The molecule has 3 atom stereocenters. The van der Waals surface area contributed by atoms with Gasteiger partial charge in [0.1, 0.15) is 0 Å². The maximum atomic E-state index is 12.3. The molecule has 2 fully saturated rings. The van der Waals surface area contributed by atoms with Crippen molar-refractivity contribution in [1.29, 1.82) is 0 Å². The summed E-state index contributed by atoms with van der Waals surface area (Å²) in [4.78, 5) is 14.2. The van der Waals surface area contributed by atoms with Crippen LogP contribution < -0.4 is 0 Å². The van der Waals surface area contributed by atoms with E-state index in [1.165, 1.54) is 0 Å². The predicted molar refractivity (Wildman–Crippen MR) is 60.0 cm³/mol. The first-order chi connectivity index (χ1) is 7.77. The van der Waals surface area contributed by atoms with Gasteiger partial charge in [-0.1, -0.05) is 6.92 Å². The van der Waals surface area contributed by atoms with Crippen LogP contribution in [-0.4, -0.2) is 47.8 Å². The fraction of sp³-hybridized carbons (Fsp3) is 0.917. The minimum absolute atomic E-state index is 0.0251. The molecule has 4 heteroatoms. The van der Waals surface area contributed by atoms with Crippen molar-refractivity contribution in [1.82, 2.24) is 4.90 Å². The Kier molecular flexibility index (Phi) is 3.82. The SMILES string of the molecule is CCC1OCCC1C(=O)N1CCC[C@@H]1CO. The number of likely N-dealkylation sites (tertiary alicyclic amines) is 1. The Bertz CT molecular complexity index is 233. The van der Waals surface area contributed by atoms with E-state index in [-0.39, 0.29) is 30.6 Å². The second-order valence-electron chi connectivity index (χ2n) is 4.72. The molecule has 0 radical (unpaired) electrons. The molecule has 4 nitrogen and oxygen atoms in total. The van der Waals surface area contributed by atoms with Crippen molar-refractivity contribution < 1.29 is 14.6 Å². The zero-order valence-electron chi connectivity index (χ0n) is 9.89. The number of hydrogen-bond donors (Lipinski definition) is 1. The topological polar surface area (TPSA) is 49.8 Å². The summed E-state index contributed by atoms with van der Waals surface area (Å²) in [5.74, 6) is 0.220. The first kappa shape index (κ1) is 11.9. The fourth-order valence-corrected chi connectivity index (χ4v) is 2.86. The highest BCUT2D eigenvalue weighted by atomic mass is 16.5. The molecule has 2 aliphatic heterocycles. The Morgan fingerprint density at radius 2 is 2.31 bits per heavy atom. The maximum Gasteiger partial charge on any atom is 0.228 e. The summed E-state index contributed by atoms with van der Waals surface area (Å²) in [6, 6.07) is 0.0469. The van der Waals surface area contributed by atoms with Gasteiger partial charge in [0.25, 0.3) is 0 Å². The van der Waals surface area contributed by atoms with Gasteiger partial charge in [0.15, 0.2) is 0 Å². The highest BCUT2D eigenvalue weighted by molar-refractivity contribution is 5.80. The van der Waals surface area contributed by atoms with Crippen LogP contribution in [0, 0.1) is 5.92 Å². The fourth-order valence-electron chi connectivity index (χ4n) is 2.86. The van der Waals surface area contributed by atoms with E-state index >= 15 is 0 Å². The Morgan fingerprint density at radius 1 is 1.50 bits per heavy atom. The third-order valence-corrected chi connectivity index (χ3v) is 3.80. The molecule has 1 amide bonds. The summed E-state index contributed by atoms with van der Waals surface area (Å²) >= 11 is 0. The first-order valence-corrected chi connectivity index (χ1v) is 6.30. The third kappa shape index (κ3) is 2.09. The average Bonchev–Trinajstić information content (AvgIpc) is 2.96. The van der Waals surface area contributed by atoms with E-state index in [1.807, 2.05) is 4.90 Å². The first-order valence-electron chi connectivity index (χ1n) is 6.30. The number of carbonyl (C=O) groups excluding carboxylic acids is 1. The lowest BCUT2D eigenvalue weighted by atomic mass is 9.97. The summed E-state index contributed by atoms with van der Waals surface area (Å²) in [6.07, 6.45) is 3.78. The van der Waals surface area contributed by atoms with Crippen molar-refractivity contribution in [3.05, 3.63) is 0 Å². The van der Waals surface area contributed by atoms with Crippen LogP contribution >= 0.6 is 0 Å². The normalized spacial score (nSPS) is 34.6. The van der Waals surface area contributed by atoms with Crippen molar-refractivity contribution >= 4 is 5.91 Å². The van der Waals surface area contributed by atoms with E-state index in [0.29, 0.717) is 6.61 Å². The molecule has 0 aliphatic carbocycles. The van der Waals surface area contributed by atoms with Gasteiger partial charge in [0, 0.05) is 13.2 Å². The van der Waals surface area contributed by atoms with Gasteiger partial charge in [-0.15, -0.1) is 0 Å². The maximum absolute atomic E-state index is 12.3. The van der Waals surface area contributed by atoms with Gasteiger partial charge in [-0.05, 0) is 25.7 Å². The van der Waals surface area contributed by atoms with Crippen LogP contribution in [0.2, 0.25) is 0 Å². The van der Waals surface area contributed by atoms with Gasteiger partial charge >= 0.3 is 0 Å². The van der Waals surface area contributed by atoms with Crippen molar-refractivity contribution in [2.24, 2.45) is 5.92 Å². The summed E-state index contributed by atoms with van der Waals surface area (Å²) in [5, 5.41) is 9.23. The number of amides is 1. The van der Waals surface area contributed by atoms with Gasteiger partial charge in [0.05, 0.1) is 24.7 Å². The average molecular weight is 227 g/mol. The van der Waals surface area contributed by atoms with Crippen LogP contribution in [0.5, 0.6) is 0 Å². The molecule has 16 heavy (non-hydrogen) atoms. The lowest BCUT2D eigenvalue weighted by molar-refractivity contribution is -0.138. The molecule has 2 saturated heterocycles. The minimum Gasteiger partial charge on any atom is -0.394 e. The number of hydrogen-bond acceptors (Lipinski definition) is 3. The molecule has 0 bridgehead atoms. The van der Waals surface area contributed by atoms with Crippen molar-refractivity contribution in [3.63, 3.8) is 0 Å². The second kappa shape index (κ2) is 5.15. The molecule has 2 heterocycles. The van der Waals surface area contributed by atoms with E-state index in [1.54, 1.807) is 0 Å². The number of aliphatic hydroxyl groups excluding tert-OH is 1. The molecule has 0 aromatic carbocycles. The molecule has 0 aromatic rings. The highest BCUT2D eigenvalue weighted by Gasteiger charge is 2.38. The summed E-state index contributed by atoms with van der Waals surface area (Å²) in [7, 11) is 0. The molecular formula is C12H21NO3. The van der Waals surface area contributed by atoms with Crippen molar-refractivity contribution in [2.45, 2.75) is 44.8 Å². The lowest BCUT2D eigenvalue weighted by Crippen LogP contribution is -2.43. The number of rotatable bonds is 3. The molecule has 2 aliphatic rings. The Balaban J connectivity index is 2.00. The van der Waals surface area contributed by atoms with Crippen molar-refractivity contribution in [3.8, 4) is 0 Å². The Morgan fingerprint density at radius 3 is 3.00 bits per heavy atom. The summed E-state index contributed by atoms with van der Waals surface area (Å²) < 4.78 is 5.55. The number of ether oxygens (including phenoxy) is 1. The lowest BCUT2D eigenvalue weighted by Gasteiger charge is -2.27. The Hall–Kier alpha value is -0.610. The van der Waals surface area contributed by atoms with Gasteiger partial charge in [-0.3, -0.25) is 4.79 Å². The van der Waals surface area contributed by atoms with E-state index < -0.39 is 0 Å². The van der Waals surface area contributed by atoms with Crippen molar-refractivity contribution in [2.75, 3.05) is 19.8 Å². The largest absolute Gasteiger partial charge is 0.394 e. The molecule has 0 aromatic heterocycles. The Labute approximate surface area is 96.6 Å². The smallest absolute Gasteiger partial charge is 0.228 e. The van der Waals surface area contributed by atoms with Crippen LogP contribution in [0.4, 0.5) is 0 Å². The van der Waals surface area contributed by atoms with Crippen LogP contribution in [0.15, 0.2) is 0 Å². The number of aliphatic hydroxyl groups is 1. The van der Waals surface area contributed by atoms with E-state index in [0.717, 1.165) is 32.2 Å². The molecule has 0 saturated carbocycles. The molecule has 1 N–H and O–H groups in total. The van der Waals surface area contributed by atoms with Gasteiger partial charge in [0.2, 0.25) is 5.91 Å². The van der Waals surface area contributed by atoms with Crippen LogP contribution in [0.25, 0.3) is 0 Å². The van der Waals surface area contributed by atoms with Crippen LogP contribution in [-0.2, 0) is 9.53 Å². The quantitative estimate of drug-likeness (QED) is 0.775. The van der Waals surface area contributed by atoms with Gasteiger partial charge in [-0.25, -0.2) is 0 Å². The molecule has 2 rings (SSSR count). The van der Waals surface area contributed by atoms with E-state index in [9.17, 15) is 9.90 Å². The zero-order chi connectivity index (χ0) is 11.5. The molecule has 0 spiro atoms. The summed E-state index contributed by atoms with van der Waals surface area (Å²) in [5.41, 5.74) is 0. The zero-order valence-corrected chi connectivity index (χ0v) is 9.89. The van der Waals surface area contributed by atoms with E-state index in [2.05, 4.69) is 6.92 Å². The summed E-state index contributed by atoms with van der Waals surface area (Å²) in [6.45, 7) is 3.66. The van der Waals surface area contributed by atoms with E-state index in [4.69, 9.17) is 4.74 Å². The standard InChI is InChI=1S/C12H21NO3/c1-2-11-10(5-7-16-11)12(15)13-6-3-4-9(13)8-14/h9-11,14H,2-8H2,1H3/t9-,10?,11?/m1/s1. The molecule has 92 valence electrons. The van der Waals surface area contributed by atoms with Crippen LogP contribution in [0.3, 0.4) is 0 Å². The highest BCUT2D eigenvalue weighted by Crippen LogP contribution is 2.28. The number of carbonyl (C=O) groups is 1. The molecular weight excluding hydrogens is 206 g/mol. The predicted octanol–water partition coefficient (Wildman–Crippen LogP) is 0.785. The van der Waals surface area contributed by atoms with Crippen LogP contribution in [0.1, 0.15) is 32.6 Å². The third-order valence-electron chi connectivity index (χ3n) is 3.80. The second-order valence-corrected chi connectivity index (χ2v) is 4.72.